The summed E-state index contributed by atoms with van der Waals surface area (Å²) in [5.74, 6) is -1.000. The Labute approximate surface area is 84.7 Å². The van der Waals surface area contributed by atoms with E-state index in [1.807, 2.05) is 0 Å². The number of benzene rings is 1. The van der Waals surface area contributed by atoms with Crippen molar-refractivity contribution in [1.29, 1.82) is 0 Å². The lowest BCUT2D eigenvalue weighted by Crippen LogP contribution is -2.26. The highest BCUT2D eigenvalue weighted by atomic mass is 16.6. The summed E-state index contributed by atoms with van der Waals surface area (Å²) >= 11 is 0. The molecule has 1 atom stereocenters. The predicted molar refractivity (Wildman–Crippen MR) is 51.8 cm³/mol. The Bertz CT molecular complexity index is 444. The van der Waals surface area contributed by atoms with E-state index >= 15 is 0 Å². The van der Waals surface area contributed by atoms with Gasteiger partial charge in [0, 0.05) is 18.2 Å². The lowest BCUT2D eigenvalue weighted by atomic mass is 10.1. The Morgan fingerprint density at radius 3 is 2.93 bits per heavy atom. The highest BCUT2D eigenvalue weighted by molar-refractivity contribution is 5.82. The zero-order valence-electron chi connectivity index (χ0n) is 7.64. The van der Waals surface area contributed by atoms with Crippen LogP contribution in [0.15, 0.2) is 18.2 Å². The van der Waals surface area contributed by atoms with E-state index in [0.717, 1.165) is 0 Å². The van der Waals surface area contributed by atoms with Gasteiger partial charge in [0.1, 0.15) is 6.04 Å². The summed E-state index contributed by atoms with van der Waals surface area (Å²) in [6.45, 7) is 0. The number of nitro benzene ring substituents is 1. The van der Waals surface area contributed by atoms with Crippen LogP contribution in [-0.4, -0.2) is 22.0 Å². The van der Waals surface area contributed by atoms with Gasteiger partial charge in [-0.25, -0.2) is 4.79 Å². The average Bonchev–Trinajstić information content (AvgIpc) is 2.60. The molecular weight excluding hydrogens is 200 g/mol. The van der Waals surface area contributed by atoms with Crippen molar-refractivity contribution in [1.82, 2.24) is 0 Å². The van der Waals surface area contributed by atoms with Crippen molar-refractivity contribution < 1.29 is 14.8 Å². The van der Waals surface area contributed by atoms with Crippen molar-refractivity contribution in [2.24, 2.45) is 0 Å². The Kier molecular flexibility index (Phi) is 2.03. The molecule has 0 aromatic heterocycles. The largest absolute Gasteiger partial charge is 0.480 e. The number of carbonyl (C=O) groups is 1. The lowest BCUT2D eigenvalue weighted by molar-refractivity contribution is -0.385. The van der Waals surface area contributed by atoms with E-state index in [0.29, 0.717) is 11.3 Å². The molecule has 1 aliphatic rings. The number of aliphatic carboxylic acids is 1. The number of fused-ring (bicyclic) bond motifs is 1. The van der Waals surface area contributed by atoms with Crippen LogP contribution >= 0.6 is 0 Å². The van der Waals surface area contributed by atoms with Gasteiger partial charge in [0.2, 0.25) is 0 Å². The van der Waals surface area contributed by atoms with Crippen molar-refractivity contribution >= 4 is 17.3 Å². The maximum Gasteiger partial charge on any atom is 0.326 e. The minimum atomic E-state index is -1.000. The zero-order valence-corrected chi connectivity index (χ0v) is 7.64. The van der Waals surface area contributed by atoms with Crippen LogP contribution in [-0.2, 0) is 11.2 Å². The fourth-order valence-electron chi connectivity index (χ4n) is 1.69. The Morgan fingerprint density at radius 2 is 2.33 bits per heavy atom. The highest BCUT2D eigenvalue weighted by Gasteiger charge is 2.31. The zero-order chi connectivity index (χ0) is 11.0. The number of carboxylic acids is 1. The first-order valence-corrected chi connectivity index (χ1v) is 4.35. The number of carboxylic acid groups (broad SMARTS) is 1. The molecule has 0 spiro atoms. The molecule has 0 aliphatic carbocycles. The van der Waals surface area contributed by atoms with Gasteiger partial charge >= 0.3 is 5.97 Å². The minimum absolute atomic E-state index is 0.0243. The third-order valence-electron chi connectivity index (χ3n) is 2.38. The van der Waals surface area contributed by atoms with E-state index in [9.17, 15) is 14.9 Å². The number of nitrogens with one attached hydrogen (secondary N) is 1. The van der Waals surface area contributed by atoms with Gasteiger partial charge in [-0.15, -0.1) is 0 Å². The average molecular weight is 208 g/mol. The van der Waals surface area contributed by atoms with Crippen LogP contribution in [0.2, 0.25) is 0 Å². The van der Waals surface area contributed by atoms with Crippen molar-refractivity contribution in [3.63, 3.8) is 0 Å². The van der Waals surface area contributed by atoms with Crippen LogP contribution in [0.3, 0.4) is 0 Å². The van der Waals surface area contributed by atoms with Gasteiger partial charge in [0.15, 0.2) is 0 Å². The molecule has 0 saturated heterocycles. The van der Waals surface area contributed by atoms with E-state index in [2.05, 4.69) is 5.32 Å². The number of nitrogens with zero attached hydrogens (tertiary/aromatic N) is 1. The van der Waals surface area contributed by atoms with Gasteiger partial charge in [0.25, 0.3) is 5.69 Å². The van der Waals surface area contributed by atoms with Crippen LogP contribution in [0.4, 0.5) is 11.4 Å². The van der Waals surface area contributed by atoms with E-state index in [4.69, 9.17) is 5.11 Å². The number of rotatable bonds is 2. The third-order valence-corrected chi connectivity index (χ3v) is 2.38. The molecule has 1 aromatic carbocycles. The van der Waals surface area contributed by atoms with Gasteiger partial charge in [-0.2, -0.15) is 0 Å². The molecule has 1 aliphatic heterocycles. The SMILES string of the molecule is O=C(O)C1Cc2c(cccc2[N+](=O)[O-])N1. The smallest absolute Gasteiger partial charge is 0.326 e. The predicted octanol–water partition coefficient (Wildman–Crippen LogP) is 1.02. The molecule has 15 heavy (non-hydrogen) atoms. The Hall–Kier alpha value is -2.11. The van der Waals surface area contributed by atoms with Crippen LogP contribution in [0, 0.1) is 10.1 Å². The first kappa shape index (κ1) is 9.45. The van der Waals surface area contributed by atoms with Crippen molar-refractivity contribution in [3.05, 3.63) is 33.9 Å². The molecule has 2 rings (SSSR count). The number of hydrogen-bond acceptors (Lipinski definition) is 4. The van der Waals surface area contributed by atoms with Gasteiger partial charge in [-0.1, -0.05) is 6.07 Å². The van der Waals surface area contributed by atoms with Gasteiger partial charge in [-0.3, -0.25) is 10.1 Å². The molecule has 1 aromatic rings. The fourth-order valence-corrected chi connectivity index (χ4v) is 1.69. The van der Waals surface area contributed by atoms with Crippen LogP contribution in [0.25, 0.3) is 0 Å². The Morgan fingerprint density at radius 1 is 1.60 bits per heavy atom. The molecule has 0 saturated carbocycles. The fraction of sp³-hybridized carbons (Fsp3) is 0.222. The molecule has 6 nitrogen and oxygen atoms in total. The first-order valence-electron chi connectivity index (χ1n) is 4.35. The number of nitro groups is 1. The number of anilines is 1. The third kappa shape index (κ3) is 1.50. The maximum absolute atomic E-state index is 10.7. The van der Waals surface area contributed by atoms with E-state index in [-0.39, 0.29) is 12.1 Å². The van der Waals surface area contributed by atoms with Crippen LogP contribution < -0.4 is 5.32 Å². The molecule has 1 unspecified atom stereocenters. The molecule has 0 bridgehead atoms. The summed E-state index contributed by atoms with van der Waals surface area (Å²) in [5, 5.41) is 22.2. The van der Waals surface area contributed by atoms with Crippen molar-refractivity contribution in [3.8, 4) is 0 Å². The second-order valence-electron chi connectivity index (χ2n) is 3.30. The Balaban J connectivity index is 2.41. The molecule has 6 heteroatoms. The van der Waals surface area contributed by atoms with E-state index in [1.54, 1.807) is 6.07 Å². The molecule has 0 radical (unpaired) electrons. The van der Waals surface area contributed by atoms with Crippen LogP contribution in [0.5, 0.6) is 0 Å². The van der Waals surface area contributed by atoms with Gasteiger partial charge in [-0.05, 0) is 6.07 Å². The summed E-state index contributed by atoms with van der Waals surface area (Å²) in [6, 6.07) is 3.80. The first-order chi connectivity index (χ1) is 7.09. The monoisotopic (exact) mass is 208 g/mol. The summed E-state index contributed by atoms with van der Waals surface area (Å²) in [7, 11) is 0. The second-order valence-corrected chi connectivity index (χ2v) is 3.30. The topological polar surface area (TPSA) is 92.5 Å². The van der Waals surface area contributed by atoms with Crippen molar-refractivity contribution in [2.45, 2.75) is 12.5 Å². The molecule has 78 valence electrons. The molecule has 0 fully saturated rings. The summed E-state index contributed by atoms with van der Waals surface area (Å²) < 4.78 is 0. The highest BCUT2D eigenvalue weighted by Crippen LogP contribution is 2.33. The summed E-state index contributed by atoms with van der Waals surface area (Å²) in [6.07, 6.45) is 0.155. The maximum atomic E-state index is 10.7. The normalized spacial score (nSPS) is 18.0. The van der Waals surface area contributed by atoms with E-state index < -0.39 is 16.9 Å². The summed E-state index contributed by atoms with van der Waals surface area (Å²) in [4.78, 5) is 20.9. The number of hydrogen-bond donors (Lipinski definition) is 2. The van der Waals surface area contributed by atoms with E-state index in [1.165, 1.54) is 12.1 Å². The summed E-state index contributed by atoms with van der Waals surface area (Å²) in [5.41, 5.74) is 0.982. The molecule has 0 amide bonds. The molecular formula is C9H8N2O4. The quantitative estimate of drug-likeness (QED) is 0.559. The van der Waals surface area contributed by atoms with Crippen molar-refractivity contribution in [2.75, 3.05) is 5.32 Å². The van der Waals surface area contributed by atoms with Gasteiger partial charge in [0.05, 0.1) is 10.5 Å². The minimum Gasteiger partial charge on any atom is -0.480 e. The second kappa shape index (κ2) is 3.23. The lowest BCUT2D eigenvalue weighted by Gasteiger charge is -2.02. The van der Waals surface area contributed by atoms with Crippen LogP contribution in [0.1, 0.15) is 5.56 Å². The molecule has 1 heterocycles. The standard InChI is InChI=1S/C9H8N2O4/c12-9(13)7-4-5-6(10-7)2-1-3-8(5)11(14)15/h1-3,7,10H,4H2,(H,12,13). The molecule has 2 N–H and O–H groups in total. The van der Waals surface area contributed by atoms with Gasteiger partial charge < -0.3 is 10.4 Å².